The Hall–Kier alpha value is -0.960. The zero-order chi connectivity index (χ0) is 14.9. The van der Waals surface area contributed by atoms with Crippen molar-refractivity contribution in [1.82, 2.24) is 14.8 Å². The fourth-order valence-electron chi connectivity index (χ4n) is 1.79. The van der Waals surface area contributed by atoms with Crippen LogP contribution in [0.1, 0.15) is 13.3 Å². The second-order valence-corrected chi connectivity index (χ2v) is 6.87. The Kier molecular flexibility index (Phi) is 4.48. The molecule has 1 aromatic carbocycles. The van der Waals surface area contributed by atoms with Crippen LogP contribution in [0.25, 0.3) is 11.4 Å². The van der Waals surface area contributed by atoms with Gasteiger partial charge in [0.05, 0.1) is 0 Å². The predicted molar refractivity (Wildman–Crippen MR) is 79.8 cm³/mol. The van der Waals surface area contributed by atoms with Gasteiger partial charge in [-0.3, -0.25) is 4.57 Å². The van der Waals surface area contributed by atoms with E-state index in [1.807, 2.05) is 6.92 Å². The first-order valence-corrected chi connectivity index (χ1v) is 8.47. The topological polar surface area (TPSA) is 90.9 Å². The van der Waals surface area contributed by atoms with Crippen molar-refractivity contribution in [2.45, 2.75) is 25.0 Å². The van der Waals surface area contributed by atoms with Crippen molar-refractivity contribution >= 4 is 37.6 Å². The van der Waals surface area contributed by atoms with Crippen LogP contribution < -0.4 is 5.14 Å². The van der Waals surface area contributed by atoms with Crippen LogP contribution in [0.4, 0.5) is 0 Å². The Morgan fingerprint density at radius 1 is 1.40 bits per heavy atom. The Morgan fingerprint density at radius 2 is 2.10 bits per heavy atom. The lowest BCUT2D eigenvalue weighted by Gasteiger charge is -2.09. The number of hydrogen-bond donors (Lipinski definition) is 1. The minimum atomic E-state index is -3.92. The van der Waals surface area contributed by atoms with Gasteiger partial charge in [-0.2, -0.15) is 0 Å². The van der Waals surface area contributed by atoms with Gasteiger partial charge < -0.3 is 0 Å². The van der Waals surface area contributed by atoms with Crippen molar-refractivity contribution in [2.75, 3.05) is 0 Å². The highest BCUT2D eigenvalue weighted by molar-refractivity contribution is 9.10. The van der Waals surface area contributed by atoms with E-state index in [-0.39, 0.29) is 5.16 Å². The van der Waals surface area contributed by atoms with E-state index >= 15 is 0 Å². The number of nitrogens with zero attached hydrogens (tertiary/aromatic N) is 3. The molecule has 0 bridgehead atoms. The average Bonchev–Trinajstić information content (AvgIpc) is 2.76. The quantitative estimate of drug-likeness (QED) is 0.883. The highest BCUT2D eigenvalue weighted by Gasteiger charge is 2.22. The summed E-state index contributed by atoms with van der Waals surface area (Å²) in [5.74, 6) is 0.408. The van der Waals surface area contributed by atoms with Gasteiger partial charge in [-0.25, -0.2) is 13.6 Å². The number of rotatable bonds is 4. The van der Waals surface area contributed by atoms with E-state index in [2.05, 4.69) is 26.1 Å². The number of aromatic nitrogens is 3. The van der Waals surface area contributed by atoms with Gasteiger partial charge >= 0.3 is 0 Å². The van der Waals surface area contributed by atoms with Crippen molar-refractivity contribution in [3.05, 3.63) is 27.7 Å². The molecule has 0 spiro atoms. The Bertz CT molecular complexity index is 745. The fourth-order valence-corrected chi connectivity index (χ4v) is 3.03. The molecule has 0 aliphatic heterocycles. The molecule has 0 saturated carbocycles. The van der Waals surface area contributed by atoms with Crippen molar-refractivity contribution in [2.24, 2.45) is 5.14 Å². The third-order valence-electron chi connectivity index (χ3n) is 2.59. The molecule has 0 unspecified atom stereocenters. The van der Waals surface area contributed by atoms with Gasteiger partial charge in [0, 0.05) is 21.6 Å². The minimum Gasteiger partial charge on any atom is -0.297 e. The molecule has 20 heavy (non-hydrogen) atoms. The van der Waals surface area contributed by atoms with Crippen molar-refractivity contribution in [1.29, 1.82) is 0 Å². The summed E-state index contributed by atoms with van der Waals surface area (Å²) in [7, 11) is -3.92. The molecule has 0 aliphatic carbocycles. The highest BCUT2D eigenvalue weighted by Crippen LogP contribution is 2.30. The van der Waals surface area contributed by atoms with E-state index in [0.29, 0.717) is 29.4 Å². The second-order valence-electron chi connectivity index (χ2n) is 4.13. The summed E-state index contributed by atoms with van der Waals surface area (Å²) in [5, 5.41) is 13.1. The molecule has 0 radical (unpaired) electrons. The number of hydrogen-bond acceptors (Lipinski definition) is 4. The SMILES string of the molecule is CCCn1c(-c2cc(Cl)ccc2Br)nnc1S(N)(=O)=O. The first kappa shape index (κ1) is 15.4. The number of nitrogens with two attached hydrogens (primary N) is 1. The molecular weight excluding hydrogens is 368 g/mol. The summed E-state index contributed by atoms with van der Waals surface area (Å²) in [4.78, 5) is 0. The maximum absolute atomic E-state index is 11.5. The van der Waals surface area contributed by atoms with Crippen LogP contribution in [0, 0.1) is 0 Å². The van der Waals surface area contributed by atoms with Gasteiger partial charge in [-0.05, 0) is 24.6 Å². The van der Waals surface area contributed by atoms with E-state index in [1.165, 1.54) is 4.57 Å². The molecule has 2 aromatic rings. The van der Waals surface area contributed by atoms with E-state index in [9.17, 15) is 8.42 Å². The van der Waals surface area contributed by atoms with Crippen LogP contribution in [0.2, 0.25) is 5.02 Å². The molecule has 0 aliphatic rings. The standard InChI is InChI=1S/C11H12BrClN4O2S/c1-2-5-17-10(15-16-11(17)20(14,18)19)8-6-7(13)3-4-9(8)12/h3-4,6H,2,5H2,1H3,(H2,14,18,19). The summed E-state index contributed by atoms with van der Waals surface area (Å²) in [6, 6.07) is 5.17. The van der Waals surface area contributed by atoms with Crippen LogP contribution in [0.15, 0.2) is 27.8 Å². The molecule has 6 nitrogen and oxygen atoms in total. The average molecular weight is 380 g/mol. The summed E-state index contributed by atoms with van der Waals surface area (Å²) in [6.07, 6.45) is 0.714. The van der Waals surface area contributed by atoms with Crippen molar-refractivity contribution in [3.63, 3.8) is 0 Å². The fraction of sp³-hybridized carbons (Fsp3) is 0.273. The molecule has 0 fully saturated rings. The molecule has 9 heteroatoms. The molecule has 1 heterocycles. The Labute approximate surface area is 130 Å². The molecule has 108 valence electrons. The Balaban J connectivity index is 2.69. The third kappa shape index (κ3) is 3.03. The van der Waals surface area contributed by atoms with E-state index in [1.54, 1.807) is 18.2 Å². The van der Waals surface area contributed by atoms with Gasteiger partial charge in [-0.15, -0.1) is 10.2 Å². The lowest BCUT2D eigenvalue weighted by atomic mass is 10.2. The molecule has 1 aromatic heterocycles. The van der Waals surface area contributed by atoms with Crippen molar-refractivity contribution in [3.8, 4) is 11.4 Å². The Morgan fingerprint density at radius 3 is 2.70 bits per heavy atom. The van der Waals surface area contributed by atoms with Gasteiger partial charge in [0.25, 0.3) is 15.2 Å². The number of benzene rings is 1. The zero-order valence-corrected chi connectivity index (χ0v) is 13.7. The van der Waals surface area contributed by atoms with Crippen LogP contribution in [0.5, 0.6) is 0 Å². The maximum atomic E-state index is 11.5. The molecule has 0 amide bonds. The molecule has 2 rings (SSSR count). The van der Waals surface area contributed by atoms with Crippen LogP contribution in [-0.4, -0.2) is 23.2 Å². The maximum Gasteiger partial charge on any atom is 0.273 e. The van der Waals surface area contributed by atoms with Crippen LogP contribution in [0.3, 0.4) is 0 Å². The lowest BCUT2D eigenvalue weighted by molar-refractivity contribution is 0.559. The van der Waals surface area contributed by atoms with Crippen LogP contribution in [-0.2, 0) is 16.6 Å². The van der Waals surface area contributed by atoms with Gasteiger partial charge in [-0.1, -0.05) is 34.5 Å². The minimum absolute atomic E-state index is 0.249. The normalized spacial score (nSPS) is 11.8. The highest BCUT2D eigenvalue weighted by atomic mass is 79.9. The largest absolute Gasteiger partial charge is 0.297 e. The smallest absolute Gasteiger partial charge is 0.273 e. The first-order chi connectivity index (χ1) is 9.34. The summed E-state index contributed by atoms with van der Waals surface area (Å²) in [6.45, 7) is 2.36. The van der Waals surface area contributed by atoms with Gasteiger partial charge in [0.2, 0.25) is 0 Å². The molecule has 2 N–H and O–H groups in total. The number of halogens is 2. The summed E-state index contributed by atoms with van der Waals surface area (Å²) >= 11 is 9.36. The molecule has 0 saturated heterocycles. The lowest BCUT2D eigenvalue weighted by Crippen LogP contribution is -2.19. The van der Waals surface area contributed by atoms with E-state index in [0.717, 1.165) is 4.47 Å². The summed E-state index contributed by atoms with van der Waals surface area (Å²) in [5.41, 5.74) is 0.661. The van der Waals surface area contributed by atoms with Gasteiger partial charge in [0.15, 0.2) is 5.82 Å². The summed E-state index contributed by atoms with van der Waals surface area (Å²) < 4.78 is 25.3. The zero-order valence-electron chi connectivity index (χ0n) is 10.5. The number of sulfonamides is 1. The number of primary sulfonamides is 1. The second kappa shape index (κ2) is 5.80. The third-order valence-corrected chi connectivity index (χ3v) is 4.33. The van der Waals surface area contributed by atoms with E-state index < -0.39 is 10.0 Å². The van der Waals surface area contributed by atoms with E-state index in [4.69, 9.17) is 16.7 Å². The monoisotopic (exact) mass is 378 g/mol. The van der Waals surface area contributed by atoms with Crippen LogP contribution >= 0.6 is 27.5 Å². The van der Waals surface area contributed by atoms with Crippen molar-refractivity contribution < 1.29 is 8.42 Å². The molecule has 0 atom stereocenters. The molecular formula is C11H12BrClN4O2S. The van der Waals surface area contributed by atoms with Gasteiger partial charge in [0.1, 0.15) is 0 Å². The predicted octanol–water partition coefficient (Wildman–Crippen LogP) is 2.42. The first-order valence-electron chi connectivity index (χ1n) is 5.76.